The zero-order valence-corrected chi connectivity index (χ0v) is 14.1. The second-order valence-corrected chi connectivity index (χ2v) is 6.05. The van der Waals surface area contributed by atoms with E-state index in [2.05, 4.69) is 5.10 Å². The highest BCUT2D eigenvalue weighted by molar-refractivity contribution is 6.08. The molecule has 7 heteroatoms. The number of aliphatic carboxylic acids is 1. The Kier molecular flexibility index (Phi) is 5.14. The Morgan fingerprint density at radius 2 is 1.96 bits per heavy atom. The van der Waals surface area contributed by atoms with Crippen molar-refractivity contribution in [2.24, 2.45) is 0 Å². The van der Waals surface area contributed by atoms with Crippen LogP contribution in [0.4, 0.5) is 5.69 Å². The number of benzene rings is 1. The first-order chi connectivity index (χ1) is 12.1. The predicted molar refractivity (Wildman–Crippen MR) is 91.8 cm³/mol. The van der Waals surface area contributed by atoms with Gasteiger partial charge in [0.15, 0.2) is 0 Å². The van der Waals surface area contributed by atoms with Crippen molar-refractivity contribution >= 4 is 17.6 Å². The summed E-state index contributed by atoms with van der Waals surface area (Å²) in [6, 6.07) is 9.02. The average molecular weight is 343 g/mol. The molecule has 1 aromatic heterocycles. The van der Waals surface area contributed by atoms with Crippen LogP contribution in [0, 0.1) is 6.92 Å². The number of carboxylic acid groups (broad SMARTS) is 1. The summed E-state index contributed by atoms with van der Waals surface area (Å²) >= 11 is 0. The van der Waals surface area contributed by atoms with Crippen LogP contribution in [0.3, 0.4) is 0 Å². The van der Waals surface area contributed by atoms with E-state index in [9.17, 15) is 14.7 Å². The van der Waals surface area contributed by atoms with Crippen LogP contribution < -0.4 is 4.90 Å². The monoisotopic (exact) mass is 343 g/mol. The molecule has 2 aromatic rings. The van der Waals surface area contributed by atoms with E-state index < -0.39 is 12.5 Å². The number of aromatic nitrogens is 2. The molecular weight excluding hydrogens is 322 g/mol. The number of amides is 1. The van der Waals surface area contributed by atoms with E-state index in [1.165, 1.54) is 11.1 Å². The van der Waals surface area contributed by atoms with E-state index in [0.717, 1.165) is 18.5 Å². The molecular formula is C18H21N3O4. The molecule has 2 heterocycles. The van der Waals surface area contributed by atoms with Gasteiger partial charge in [-0.05, 0) is 31.9 Å². The second-order valence-electron chi connectivity index (χ2n) is 6.05. The molecule has 0 saturated carbocycles. The van der Waals surface area contributed by atoms with E-state index in [1.54, 1.807) is 24.3 Å². The molecule has 7 nitrogen and oxygen atoms in total. The van der Waals surface area contributed by atoms with E-state index in [1.807, 2.05) is 17.7 Å². The fourth-order valence-electron chi connectivity index (χ4n) is 3.10. The van der Waals surface area contributed by atoms with Gasteiger partial charge in [-0.25, -0.2) is 0 Å². The van der Waals surface area contributed by atoms with Gasteiger partial charge >= 0.3 is 5.97 Å². The van der Waals surface area contributed by atoms with Crippen LogP contribution in [-0.4, -0.2) is 46.5 Å². The van der Waals surface area contributed by atoms with Gasteiger partial charge in [-0.1, -0.05) is 18.2 Å². The lowest BCUT2D eigenvalue weighted by molar-refractivity contribution is -0.135. The fourth-order valence-corrected chi connectivity index (χ4v) is 3.10. The third kappa shape index (κ3) is 3.71. The Hall–Kier alpha value is -2.67. The first-order valence-corrected chi connectivity index (χ1v) is 8.28. The molecule has 0 unspecified atom stereocenters. The minimum absolute atomic E-state index is 0.208. The molecule has 0 radical (unpaired) electrons. The number of hydrogen-bond donors (Lipinski definition) is 1. The molecule has 25 heavy (non-hydrogen) atoms. The fraction of sp³-hybridized carbons (Fsp3) is 0.389. The van der Waals surface area contributed by atoms with Crippen molar-refractivity contribution in [1.82, 2.24) is 9.78 Å². The van der Waals surface area contributed by atoms with Crippen LogP contribution in [0.25, 0.3) is 0 Å². The van der Waals surface area contributed by atoms with Crippen LogP contribution in [0.15, 0.2) is 36.5 Å². The Morgan fingerprint density at radius 3 is 2.60 bits per heavy atom. The highest BCUT2D eigenvalue weighted by Gasteiger charge is 2.26. The van der Waals surface area contributed by atoms with Gasteiger partial charge in [-0.2, -0.15) is 5.10 Å². The molecule has 1 fully saturated rings. The van der Waals surface area contributed by atoms with E-state index in [-0.39, 0.29) is 11.9 Å². The van der Waals surface area contributed by atoms with Gasteiger partial charge < -0.3 is 9.84 Å². The SMILES string of the molecule is Cc1c(C(=O)N(CC(=O)O)c2ccccc2)cnn1C1CCOCC1. The number of anilines is 1. The number of nitrogens with zero attached hydrogens (tertiary/aromatic N) is 3. The van der Waals surface area contributed by atoms with Crippen LogP contribution >= 0.6 is 0 Å². The molecule has 3 rings (SSSR count). The first kappa shape index (κ1) is 17.2. The molecule has 1 aliphatic rings. The Morgan fingerprint density at radius 1 is 1.28 bits per heavy atom. The summed E-state index contributed by atoms with van der Waals surface area (Å²) in [5, 5.41) is 13.6. The summed E-state index contributed by atoms with van der Waals surface area (Å²) < 4.78 is 7.23. The lowest BCUT2D eigenvalue weighted by atomic mass is 10.1. The molecule has 1 N–H and O–H groups in total. The van der Waals surface area contributed by atoms with Crippen molar-refractivity contribution in [2.45, 2.75) is 25.8 Å². The largest absolute Gasteiger partial charge is 0.480 e. The van der Waals surface area contributed by atoms with Crippen molar-refractivity contribution < 1.29 is 19.4 Å². The molecule has 1 saturated heterocycles. The maximum absolute atomic E-state index is 13.0. The lowest BCUT2D eigenvalue weighted by Gasteiger charge is -2.24. The molecule has 1 aliphatic heterocycles. The van der Waals surface area contributed by atoms with Crippen molar-refractivity contribution in [1.29, 1.82) is 0 Å². The van der Waals surface area contributed by atoms with Gasteiger partial charge in [0.2, 0.25) is 0 Å². The molecule has 0 bridgehead atoms. The molecule has 1 aromatic carbocycles. The molecule has 132 valence electrons. The number of ether oxygens (including phenoxy) is 1. The van der Waals surface area contributed by atoms with Crippen LogP contribution in [-0.2, 0) is 9.53 Å². The average Bonchev–Trinajstić information content (AvgIpc) is 3.02. The zero-order valence-electron chi connectivity index (χ0n) is 14.1. The third-order valence-electron chi connectivity index (χ3n) is 4.42. The number of hydrogen-bond acceptors (Lipinski definition) is 4. The van der Waals surface area contributed by atoms with Crippen molar-refractivity contribution in [3.8, 4) is 0 Å². The highest BCUT2D eigenvalue weighted by atomic mass is 16.5. The maximum atomic E-state index is 13.0. The predicted octanol–water partition coefficient (Wildman–Crippen LogP) is 2.27. The van der Waals surface area contributed by atoms with Gasteiger partial charge in [0.1, 0.15) is 6.54 Å². The minimum Gasteiger partial charge on any atom is -0.480 e. The quantitative estimate of drug-likeness (QED) is 0.900. The van der Waals surface area contributed by atoms with Gasteiger partial charge in [-0.15, -0.1) is 0 Å². The standard InChI is InChI=1S/C18H21N3O4/c1-13-16(11-19-21(13)15-7-9-25-10-8-15)18(24)20(12-17(22)23)14-5-3-2-4-6-14/h2-6,11,15H,7-10,12H2,1H3,(H,22,23). The van der Waals surface area contributed by atoms with E-state index >= 15 is 0 Å². The summed E-state index contributed by atoms with van der Waals surface area (Å²) in [7, 11) is 0. The summed E-state index contributed by atoms with van der Waals surface area (Å²) in [5.74, 6) is -1.42. The number of carbonyl (C=O) groups is 2. The Labute approximate surface area is 145 Å². The number of rotatable bonds is 5. The number of carboxylic acids is 1. The summed E-state index contributed by atoms with van der Waals surface area (Å²) in [6.07, 6.45) is 3.24. The maximum Gasteiger partial charge on any atom is 0.323 e. The third-order valence-corrected chi connectivity index (χ3v) is 4.42. The first-order valence-electron chi connectivity index (χ1n) is 8.28. The molecule has 1 amide bonds. The van der Waals surface area contributed by atoms with Crippen LogP contribution in [0.5, 0.6) is 0 Å². The molecule has 0 aliphatic carbocycles. The van der Waals surface area contributed by atoms with Gasteiger partial charge in [0.05, 0.1) is 17.8 Å². The summed E-state index contributed by atoms with van der Waals surface area (Å²) in [6.45, 7) is 2.81. The zero-order chi connectivity index (χ0) is 17.8. The molecule has 0 spiro atoms. The normalized spacial score (nSPS) is 15.1. The van der Waals surface area contributed by atoms with Gasteiger partial charge in [0.25, 0.3) is 5.91 Å². The van der Waals surface area contributed by atoms with Gasteiger partial charge in [0, 0.05) is 24.6 Å². The van der Waals surface area contributed by atoms with Gasteiger partial charge in [-0.3, -0.25) is 19.2 Å². The lowest BCUT2D eigenvalue weighted by Crippen LogP contribution is -2.36. The minimum atomic E-state index is -1.06. The van der Waals surface area contributed by atoms with Crippen LogP contribution in [0.2, 0.25) is 0 Å². The number of para-hydroxylation sites is 1. The summed E-state index contributed by atoms with van der Waals surface area (Å²) in [4.78, 5) is 25.5. The van der Waals surface area contributed by atoms with E-state index in [4.69, 9.17) is 4.74 Å². The summed E-state index contributed by atoms with van der Waals surface area (Å²) in [5.41, 5.74) is 1.73. The van der Waals surface area contributed by atoms with Crippen molar-refractivity contribution in [3.05, 3.63) is 47.8 Å². The van der Waals surface area contributed by atoms with E-state index in [0.29, 0.717) is 24.5 Å². The smallest absolute Gasteiger partial charge is 0.323 e. The van der Waals surface area contributed by atoms with Crippen molar-refractivity contribution in [2.75, 3.05) is 24.7 Å². The van der Waals surface area contributed by atoms with Crippen molar-refractivity contribution in [3.63, 3.8) is 0 Å². The number of carbonyl (C=O) groups excluding carboxylic acids is 1. The van der Waals surface area contributed by atoms with Crippen LogP contribution in [0.1, 0.15) is 34.9 Å². The highest BCUT2D eigenvalue weighted by Crippen LogP contribution is 2.25. The molecule has 0 atom stereocenters. The second kappa shape index (κ2) is 7.48. The Balaban J connectivity index is 1.89. The Bertz CT molecular complexity index is 751. The topological polar surface area (TPSA) is 84.7 Å².